The molecule has 7 nitrogen and oxygen atoms in total. The number of rotatable bonds is 4. The van der Waals surface area contributed by atoms with E-state index in [1.807, 2.05) is 0 Å². The summed E-state index contributed by atoms with van der Waals surface area (Å²) in [4.78, 5) is 33.0. The molecule has 1 unspecified atom stereocenters. The number of carboxylic acids is 1. The van der Waals surface area contributed by atoms with Gasteiger partial charge < -0.3 is 14.9 Å². The highest BCUT2D eigenvalue weighted by atomic mass is 19.3. The van der Waals surface area contributed by atoms with Crippen LogP contribution in [0.4, 0.5) is 13.6 Å². The van der Waals surface area contributed by atoms with Gasteiger partial charge in [-0.1, -0.05) is 0 Å². The summed E-state index contributed by atoms with van der Waals surface area (Å²) in [7, 11) is 0. The molecule has 9 heteroatoms. The minimum absolute atomic E-state index is 0.110. The Morgan fingerprint density at radius 3 is 2.32 bits per heavy atom. The van der Waals surface area contributed by atoms with E-state index >= 15 is 0 Å². The number of hydrogen-bond acceptors (Lipinski definition) is 4. The van der Waals surface area contributed by atoms with Crippen molar-refractivity contribution in [2.24, 2.45) is 0 Å². The van der Waals surface area contributed by atoms with Crippen molar-refractivity contribution in [3.8, 4) is 0 Å². The van der Waals surface area contributed by atoms with E-state index in [1.54, 1.807) is 0 Å². The molecule has 1 rings (SSSR count). The van der Waals surface area contributed by atoms with E-state index in [0.717, 1.165) is 0 Å². The lowest BCUT2D eigenvalue weighted by Crippen LogP contribution is -2.54. The number of likely N-dealkylation sites (tertiary alicyclic amines) is 1. The molecule has 1 heterocycles. The Labute approximate surface area is 106 Å². The van der Waals surface area contributed by atoms with Crippen molar-refractivity contribution >= 4 is 18.0 Å². The fourth-order valence-corrected chi connectivity index (χ4v) is 2.04. The van der Waals surface area contributed by atoms with Gasteiger partial charge in [0.2, 0.25) is 0 Å². The van der Waals surface area contributed by atoms with Crippen LogP contribution in [0.2, 0.25) is 0 Å². The summed E-state index contributed by atoms with van der Waals surface area (Å²) in [5.41, 5.74) is 0. The highest BCUT2D eigenvalue weighted by Crippen LogP contribution is 2.36. The molecule has 2 N–H and O–H groups in total. The fourth-order valence-electron chi connectivity index (χ4n) is 2.04. The van der Waals surface area contributed by atoms with E-state index in [-0.39, 0.29) is 17.9 Å². The van der Waals surface area contributed by atoms with Crippen LogP contribution in [0.5, 0.6) is 0 Å². The zero-order valence-corrected chi connectivity index (χ0v) is 10.0. The fraction of sp³-hybridized carbons (Fsp3) is 0.700. The summed E-state index contributed by atoms with van der Waals surface area (Å²) in [6.45, 7) is 1.05. The van der Waals surface area contributed by atoms with Crippen molar-refractivity contribution in [3.05, 3.63) is 0 Å². The summed E-state index contributed by atoms with van der Waals surface area (Å²) < 4.78 is 31.8. The topological polar surface area (TPSA) is 104 Å². The van der Waals surface area contributed by atoms with Crippen LogP contribution >= 0.6 is 0 Å². The van der Waals surface area contributed by atoms with Crippen molar-refractivity contribution < 1.29 is 38.1 Å². The number of esters is 1. The number of ether oxygens (including phenoxy) is 1. The van der Waals surface area contributed by atoms with Crippen LogP contribution in [-0.2, 0) is 14.3 Å². The molecular weight excluding hydrogens is 268 g/mol. The van der Waals surface area contributed by atoms with Crippen molar-refractivity contribution in [2.45, 2.75) is 37.8 Å². The molecular formula is C10H13F2NO6. The van der Waals surface area contributed by atoms with Crippen LogP contribution in [0.1, 0.15) is 19.8 Å². The second-order valence-electron chi connectivity index (χ2n) is 3.98. The van der Waals surface area contributed by atoms with E-state index in [1.165, 1.54) is 6.92 Å². The molecule has 0 radical (unpaired) electrons. The lowest BCUT2D eigenvalue weighted by atomic mass is 10.1. The maximum absolute atomic E-state index is 13.8. The Morgan fingerprint density at radius 2 is 1.89 bits per heavy atom. The lowest BCUT2D eigenvalue weighted by molar-refractivity contribution is -0.180. The molecule has 0 spiro atoms. The summed E-state index contributed by atoms with van der Waals surface area (Å²) >= 11 is 0. The highest BCUT2D eigenvalue weighted by Gasteiger charge is 2.58. The third-order valence-electron chi connectivity index (χ3n) is 2.86. The average Bonchev–Trinajstić information content (AvgIpc) is 2.74. The highest BCUT2D eigenvalue weighted by molar-refractivity contribution is 5.83. The molecule has 1 aliphatic rings. The number of alkyl halides is 2. The van der Waals surface area contributed by atoms with E-state index in [2.05, 4.69) is 4.74 Å². The summed E-state index contributed by atoms with van der Waals surface area (Å²) in [6, 6.07) is -3.60. The maximum Gasteiger partial charge on any atom is 0.408 e. The molecule has 1 saturated heterocycles. The Bertz CT molecular complexity index is 399. The third kappa shape index (κ3) is 2.74. The molecule has 0 saturated carbocycles. The quantitative estimate of drug-likeness (QED) is 0.738. The van der Waals surface area contributed by atoms with Gasteiger partial charge in [0, 0.05) is 0 Å². The van der Waals surface area contributed by atoms with E-state index in [9.17, 15) is 23.2 Å². The van der Waals surface area contributed by atoms with E-state index in [0.29, 0.717) is 0 Å². The number of nitrogens with zero attached hydrogens (tertiary/aromatic N) is 1. The molecule has 0 aromatic carbocycles. The van der Waals surface area contributed by atoms with Gasteiger partial charge in [-0.05, 0) is 19.8 Å². The Kier molecular flexibility index (Phi) is 4.28. The van der Waals surface area contributed by atoms with Crippen LogP contribution in [0, 0.1) is 0 Å². The molecule has 2 atom stereocenters. The van der Waals surface area contributed by atoms with Crippen LogP contribution < -0.4 is 0 Å². The van der Waals surface area contributed by atoms with Crippen LogP contribution in [0.25, 0.3) is 0 Å². The minimum atomic E-state index is -4.07. The van der Waals surface area contributed by atoms with E-state index < -0.39 is 42.5 Å². The predicted molar refractivity (Wildman–Crippen MR) is 55.9 cm³/mol. The van der Waals surface area contributed by atoms with Gasteiger partial charge in [0.05, 0.1) is 6.61 Å². The first-order valence-electron chi connectivity index (χ1n) is 5.52. The number of carbonyl (C=O) groups is 3. The van der Waals surface area contributed by atoms with Crippen molar-refractivity contribution in [1.82, 2.24) is 4.90 Å². The third-order valence-corrected chi connectivity index (χ3v) is 2.86. The van der Waals surface area contributed by atoms with E-state index in [4.69, 9.17) is 10.2 Å². The van der Waals surface area contributed by atoms with Gasteiger partial charge in [-0.3, -0.25) is 4.90 Å². The summed E-state index contributed by atoms with van der Waals surface area (Å²) in [5, 5.41) is 17.6. The first-order chi connectivity index (χ1) is 8.73. The smallest absolute Gasteiger partial charge is 0.408 e. The van der Waals surface area contributed by atoms with Gasteiger partial charge >= 0.3 is 24.0 Å². The number of carbonyl (C=O) groups excluding carboxylic acids is 1. The molecule has 19 heavy (non-hydrogen) atoms. The minimum Gasteiger partial charge on any atom is -0.480 e. The van der Waals surface area contributed by atoms with Crippen LogP contribution in [-0.4, -0.2) is 57.8 Å². The van der Waals surface area contributed by atoms with Gasteiger partial charge in [0.1, 0.15) is 12.1 Å². The Morgan fingerprint density at radius 1 is 1.32 bits per heavy atom. The average molecular weight is 281 g/mol. The van der Waals surface area contributed by atoms with Crippen molar-refractivity contribution in [3.63, 3.8) is 0 Å². The molecule has 1 amide bonds. The summed E-state index contributed by atoms with van der Waals surface area (Å²) in [6.07, 6.45) is -2.50. The zero-order valence-electron chi connectivity index (χ0n) is 10.0. The van der Waals surface area contributed by atoms with Gasteiger partial charge in [-0.25, -0.2) is 14.4 Å². The van der Waals surface area contributed by atoms with Crippen LogP contribution in [0.15, 0.2) is 0 Å². The molecule has 0 aliphatic carbocycles. The van der Waals surface area contributed by atoms with Crippen molar-refractivity contribution in [2.75, 3.05) is 6.61 Å². The van der Waals surface area contributed by atoms with Gasteiger partial charge in [-0.15, -0.1) is 0 Å². The number of aliphatic carboxylic acids is 1. The molecule has 0 aromatic heterocycles. The molecule has 0 aromatic rings. The standard InChI is InChI=1S/C10H13F2NO6/c1-2-19-8(16)10(11,12)6-4-3-5(7(14)15)13(6)9(17)18/h5-6H,2-4H2,1H3,(H,14,15)(H,17,18)/t5-,6?/m1/s1. The van der Waals surface area contributed by atoms with Gasteiger partial charge in [0.25, 0.3) is 0 Å². The predicted octanol–water partition coefficient (Wildman–Crippen LogP) is 0.780. The SMILES string of the molecule is CCOC(=O)C(F)(F)C1CC[C@H](C(=O)O)N1C(=O)O. The summed E-state index contributed by atoms with van der Waals surface area (Å²) in [5.74, 6) is -7.44. The largest absolute Gasteiger partial charge is 0.480 e. The normalized spacial score (nSPS) is 23.2. The zero-order chi connectivity index (χ0) is 14.8. The molecule has 1 fully saturated rings. The second kappa shape index (κ2) is 5.37. The first kappa shape index (κ1) is 15.1. The number of amides is 1. The first-order valence-corrected chi connectivity index (χ1v) is 5.52. The molecule has 1 aliphatic heterocycles. The monoisotopic (exact) mass is 281 g/mol. The number of halogens is 2. The van der Waals surface area contributed by atoms with Gasteiger partial charge in [-0.2, -0.15) is 8.78 Å². The Balaban J connectivity index is 3.02. The second-order valence-corrected chi connectivity index (χ2v) is 3.98. The van der Waals surface area contributed by atoms with Crippen LogP contribution in [0.3, 0.4) is 0 Å². The maximum atomic E-state index is 13.8. The number of hydrogen-bond donors (Lipinski definition) is 2. The lowest BCUT2D eigenvalue weighted by Gasteiger charge is -2.29. The van der Waals surface area contributed by atoms with Crippen molar-refractivity contribution in [1.29, 1.82) is 0 Å². The Hall–Kier alpha value is -1.93. The molecule has 0 bridgehead atoms. The molecule has 108 valence electrons. The van der Waals surface area contributed by atoms with Gasteiger partial charge in [0.15, 0.2) is 0 Å². The number of carboxylic acid groups (broad SMARTS) is 2.